The highest BCUT2D eigenvalue weighted by Gasteiger charge is 2.27. The third-order valence-electron chi connectivity index (χ3n) is 5.05. The van der Waals surface area contributed by atoms with Crippen LogP contribution in [-0.4, -0.2) is 11.0 Å². The lowest BCUT2D eigenvalue weighted by Gasteiger charge is -2.13. The summed E-state index contributed by atoms with van der Waals surface area (Å²) in [6, 6.07) is 10.4. The number of fused-ring (bicyclic) bond motifs is 1. The number of ether oxygens (including phenoxy) is 1. The first-order chi connectivity index (χ1) is 13.5. The molecule has 3 aromatic rings. The summed E-state index contributed by atoms with van der Waals surface area (Å²) < 4.78 is 19.0. The minimum absolute atomic E-state index is 0.0256. The molecule has 6 heteroatoms. The van der Waals surface area contributed by atoms with E-state index >= 15 is 0 Å². The number of halogens is 1. The Morgan fingerprint density at radius 3 is 2.93 bits per heavy atom. The predicted molar refractivity (Wildman–Crippen MR) is 105 cm³/mol. The zero-order valence-electron chi connectivity index (χ0n) is 15.5. The van der Waals surface area contributed by atoms with E-state index in [9.17, 15) is 9.18 Å². The zero-order chi connectivity index (χ0) is 19.8. The van der Waals surface area contributed by atoms with Crippen LogP contribution in [0.2, 0.25) is 0 Å². The van der Waals surface area contributed by atoms with Gasteiger partial charge in [-0.15, -0.1) is 11.3 Å². The van der Waals surface area contributed by atoms with Gasteiger partial charge in [0.1, 0.15) is 23.0 Å². The summed E-state index contributed by atoms with van der Waals surface area (Å²) in [6.07, 6.45) is 3.25. The van der Waals surface area contributed by atoms with Gasteiger partial charge in [-0.3, -0.25) is 4.79 Å². The van der Waals surface area contributed by atoms with E-state index in [2.05, 4.69) is 11.9 Å². The van der Waals surface area contributed by atoms with Crippen LogP contribution in [0.15, 0.2) is 36.5 Å². The third-order valence-corrected chi connectivity index (χ3v) is 6.13. The van der Waals surface area contributed by atoms with E-state index in [0.29, 0.717) is 0 Å². The van der Waals surface area contributed by atoms with Crippen molar-refractivity contribution >= 4 is 17.3 Å². The van der Waals surface area contributed by atoms with Crippen LogP contribution in [-0.2, 0) is 16.0 Å². The summed E-state index contributed by atoms with van der Waals surface area (Å²) in [7, 11) is 0. The Labute approximate surface area is 166 Å². The Kier molecular flexibility index (Phi) is 4.70. The summed E-state index contributed by atoms with van der Waals surface area (Å²) in [5.74, 6) is -0.784. The van der Waals surface area contributed by atoms with Crippen LogP contribution in [0.25, 0.3) is 21.0 Å². The number of hydrogen-bond acceptors (Lipinski definition) is 5. The second kappa shape index (κ2) is 7.17. The molecule has 0 radical (unpaired) electrons. The number of carbonyl (C=O) groups excluding carboxylic acids is 1. The molecule has 1 aromatic heterocycles. The van der Waals surface area contributed by atoms with Gasteiger partial charge >= 0.3 is 5.97 Å². The van der Waals surface area contributed by atoms with Gasteiger partial charge in [0.25, 0.3) is 0 Å². The van der Waals surface area contributed by atoms with Crippen LogP contribution in [0.4, 0.5) is 4.39 Å². The van der Waals surface area contributed by atoms with Gasteiger partial charge in [0, 0.05) is 18.7 Å². The topological polar surface area (TPSA) is 63.0 Å². The summed E-state index contributed by atoms with van der Waals surface area (Å²) in [6.45, 7) is 3.50. The normalized spacial score (nSPS) is 15.1. The van der Waals surface area contributed by atoms with E-state index in [-0.39, 0.29) is 17.6 Å². The SMILES string of the molecule is CC(=O)OC1CCc2c1ccc(-c1ncc(-c3ccc(F)c(C#N)c3)s1)c2C. The molecule has 0 aliphatic heterocycles. The number of esters is 1. The van der Waals surface area contributed by atoms with Crippen LogP contribution >= 0.6 is 11.3 Å². The monoisotopic (exact) mass is 392 g/mol. The van der Waals surface area contributed by atoms with E-state index in [1.165, 1.54) is 29.9 Å². The van der Waals surface area contributed by atoms with Crippen molar-refractivity contribution in [1.29, 1.82) is 5.26 Å². The van der Waals surface area contributed by atoms with E-state index in [4.69, 9.17) is 10.00 Å². The largest absolute Gasteiger partial charge is 0.458 e. The zero-order valence-corrected chi connectivity index (χ0v) is 16.3. The maximum Gasteiger partial charge on any atom is 0.303 e. The lowest BCUT2D eigenvalue weighted by molar-refractivity contribution is -0.146. The highest BCUT2D eigenvalue weighted by molar-refractivity contribution is 7.18. The maximum absolute atomic E-state index is 13.6. The summed E-state index contributed by atoms with van der Waals surface area (Å²) in [5.41, 5.74) is 5.28. The predicted octanol–water partition coefficient (Wildman–Crippen LogP) is 5.35. The standard InChI is InChI=1S/C22H17FN2O2S/c1-12-16-6-8-20(27-13(2)26)18(16)5-4-17(12)22-25-11-21(28-22)14-3-7-19(23)15(9-14)10-24/h3-5,7,9,11,20H,6,8H2,1-2H3. The molecule has 1 unspecified atom stereocenters. The Balaban J connectivity index is 1.69. The molecule has 0 N–H and O–H groups in total. The van der Waals surface area contributed by atoms with Gasteiger partial charge in [0.2, 0.25) is 0 Å². The molecule has 1 aliphatic rings. The molecule has 28 heavy (non-hydrogen) atoms. The smallest absolute Gasteiger partial charge is 0.303 e. The van der Waals surface area contributed by atoms with Crippen molar-refractivity contribution < 1.29 is 13.9 Å². The molecule has 4 rings (SSSR count). The summed E-state index contributed by atoms with van der Waals surface area (Å²) in [5, 5.41) is 9.91. The second-order valence-corrected chi connectivity index (χ2v) is 7.81. The quantitative estimate of drug-likeness (QED) is 0.564. The molecule has 0 spiro atoms. The first-order valence-electron chi connectivity index (χ1n) is 8.93. The van der Waals surface area contributed by atoms with Gasteiger partial charge < -0.3 is 4.74 Å². The van der Waals surface area contributed by atoms with E-state index < -0.39 is 5.82 Å². The summed E-state index contributed by atoms with van der Waals surface area (Å²) >= 11 is 1.51. The number of rotatable bonds is 3. The van der Waals surface area contributed by atoms with Crippen molar-refractivity contribution in [1.82, 2.24) is 4.98 Å². The van der Waals surface area contributed by atoms with Crippen molar-refractivity contribution in [2.45, 2.75) is 32.8 Å². The first kappa shape index (κ1) is 18.3. The minimum atomic E-state index is -0.521. The average Bonchev–Trinajstić information content (AvgIpc) is 3.30. The van der Waals surface area contributed by atoms with Crippen LogP contribution in [0.1, 0.15) is 41.7 Å². The first-order valence-corrected chi connectivity index (χ1v) is 9.75. The van der Waals surface area contributed by atoms with Crippen molar-refractivity contribution in [3.05, 3.63) is 64.6 Å². The lowest BCUT2D eigenvalue weighted by Crippen LogP contribution is -2.05. The fourth-order valence-corrected chi connectivity index (χ4v) is 4.69. The summed E-state index contributed by atoms with van der Waals surface area (Å²) in [4.78, 5) is 16.7. The number of thiazole rings is 1. The van der Waals surface area contributed by atoms with Gasteiger partial charge in [0.15, 0.2) is 0 Å². The van der Waals surface area contributed by atoms with Crippen molar-refractivity contribution in [3.8, 4) is 27.1 Å². The highest BCUT2D eigenvalue weighted by atomic mass is 32.1. The Morgan fingerprint density at radius 2 is 2.18 bits per heavy atom. The number of nitrogens with zero attached hydrogens (tertiary/aromatic N) is 2. The van der Waals surface area contributed by atoms with Gasteiger partial charge in [-0.2, -0.15) is 5.26 Å². The number of nitriles is 1. The van der Waals surface area contributed by atoms with Gasteiger partial charge in [-0.25, -0.2) is 9.37 Å². The Morgan fingerprint density at radius 1 is 1.36 bits per heavy atom. The Hall–Kier alpha value is -3.04. The molecule has 0 amide bonds. The van der Waals surface area contributed by atoms with E-state index in [1.54, 1.807) is 18.3 Å². The Bertz CT molecular complexity index is 1130. The molecular weight excluding hydrogens is 375 g/mol. The van der Waals surface area contributed by atoms with Crippen molar-refractivity contribution in [2.75, 3.05) is 0 Å². The minimum Gasteiger partial charge on any atom is -0.458 e. The molecule has 1 heterocycles. The van der Waals surface area contributed by atoms with Crippen LogP contribution < -0.4 is 0 Å². The number of hydrogen-bond donors (Lipinski definition) is 0. The molecule has 0 saturated heterocycles. The van der Waals surface area contributed by atoms with Crippen LogP contribution in [0.3, 0.4) is 0 Å². The third kappa shape index (κ3) is 3.19. The van der Waals surface area contributed by atoms with Gasteiger partial charge in [0.05, 0.1) is 10.4 Å². The fourth-order valence-electron chi connectivity index (χ4n) is 3.69. The maximum atomic E-state index is 13.6. The van der Waals surface area contributed by atoms with Gasteiger partial charge in [-0.1, -0.05) is 18.2 Å². The number of benzene rings is 2. The molecule has 0 saturated carbocycles. The molecule has 140 valence electrons. The molecule has 2 aromatic carbocycles. The highest BCUT2D eigenvalue weighted by Crippen LogP contribution is 2.41. The molecular formula is C22H17FN2O2S. The molecule has 1 aliphatic carbocycles. The van der Waals surface area contributed by atoms with Crippen LogP contribution in [0.5, 0.6) is 0 Å². The fraction of sp³-hybridized carbons (Fsp3) is 0.227. The van der Waals surface area contributed by atoms with Gasteiger partial charge in [-0.05, 0) is 54.2 Å². The molecule has 0 bridgehead atoms. The number of aromatic nitrogens is 1. The lowest BCUT2D eigenvalue weighted by atomic mass is 9.99. The van der Waals surface area contributed by atoms with E-state index in [0.717, 1.165) is 45.0 Å². The average molecular weight is 392 g/mol. The van der Waals surface area contributed by atoms with Crippen molar-refractivity contribution in [2.24, 2.45) is 0 Å². The van der Waals surface area contributed by atoms with Crippen LogP contribution in [0, 0.1) is 24.1 Å². The molecule has 0 fully saturated rings. The molecule has 1 atom stereocenters. The second-order valence-electron chi connectivity index (χ2n) is 6.78. The number of carbonyl (C=O) groups is 1. The van der Waals surface area contributed by atoms with Crippen molar-refractivity contribution in [3.63, 3.8) is 0 Å². The molecule has 4 nitrogen and oxygen atoms in total. The van der Waals surface area contributed by atoms with E-state index in [1.807, 2.05) is 18.2 Å².